The summed E-state index contributed by atoms with van der Waals surface area (Å²) in [5.74, 6) is -0.268. The maximum atomic E-state index is 13.3. The summed E-state index contributed by atoms with van der Waals surface area (Å²) in [6, 6.07) is 6.47. The Morgan fingerprint density at radius 1 is 1.21 bits per heavy atom. The van der Waals surface area contributed by atoms with Crippen LogP contribution in [0.1, 0.15) is 41.1 Å². The molecule has 0 saturated heterocycles. The maximum absolute atomic E-state index is 13.3. The molecule has 1 unspecified atom stereocenters. The Morgan fingerprint density at radius 3 is 2.58 bits per heavy atom. The van der Waals surface area contributed by atoms with Crippen molar-refractivity contribution in [2.75, 3.05) is 0 Å². The van der Waals surface area contributed by atoms with Crippen molar-refractivity contribution in [3.05, 3.63) is 58.2 Å². The molecule has 1 atom stereocenters. The molecule has 0 aliphatic carbocycles. The van der Waals surface area contributed by atoms with Gasteiger partial charge in [0, 0.05) is 5.56 Å². The molecular weight excluding hydrogens is 243 g/mol. The third-order valence-electron chi connectivity index (χ3n) is 3.15. The standard InChI is InChI=1S/C15H17FN2O/c1-4-14-12(8-10(3)17-18-14)15(19)11-5-6-13(16)9(2)7-11/h5-8,15,19H,4H2,1-3H3. The minimum atomic E-state index is -0.802. The molecule has 1 N–H and O–H groups in total. The predicted molar refractivity (Wildman–Crippen MR) is 71.3 cm³/mol. The van der Waals surface area contributed by atoms with Gasteiger partial charge in [-0.15, -0.1) is 0 Å². The third-order valence-corrected chi connectivity index (χ3v) is 3.15. The Labute approximate surface area is 112 Å². The van der Waals surface area contributed by atoms with E-state index >= 15 is 0 Å². The lowest BCUT2D eigenvalue weighted by molar-refractivity contribution is 0.218. The number of halogens is 1. The number of aromatic nitrogens is 2. The fraction of sp³-hybridized carbons (Fsp3) is 0.333. The van der Waals surface area contributed by atoms with E-state index in [-0.39, 0.29) is 5.82 Å². The number of benzene rings is 1. The number of hydrogen-bond acceptors (Lipinski definition) is 3. The fourth-order valence-electron chi connectivity index (χ4n) is 2.06. The summed E-state index contributed by atoms with van der Waals surface area (Å²) in [6.07, 6.45) is -0.108. The molecule has 2 rings (SSSR count). The lowest BCUT2D eigenvalue weighted by Crippen LogP contribution is -2.08. The quantitative estimate of drug-likeness (QED) is 0.923. The summed E-state index contributed by atoms with van der Waals surface area (Å²) in [5, 5.41) is 18.5. The van der Waals surface area contributed by atoms with Crippen molar-refractivity contribution in [2.45, 2.75) is 33.3 Å². The normalized spacial score (nSPS) is 12.5. The first-order valence-electron chi connectivity index (χ1n) is 6.30. The van der Waals surface area contributed by atoms with Gasteiger partial charge in [0.05, 0.1) is 11.4 Å². The molecule has 100 valence electrons. The second kappa shape index (κ2) is 5.45. The first-order valence-corrected chi connectivity index (χ1v) is 6.30. The molecular formula is C15H17FN2O. The van der Waals surface area contributed by atoms with Gasteiger partial charge in [-0.05, 0) is 43.5 Å². The Hall–Kier alpha value is -1.81. The van der Waals surface area contributed by atoms with E-state index in [4.69, 9.17) is 0 Å². The average molecular weight is 260 g/mol. The Balaban J connectivity index is 2.45. The largest absolute Gasteiger partial charge is 0.384 e. The molecule has 0 saturated carbocycles. The van der Waals surface area contributed by atoms with Gasteiger partial charge >= 0.3 is 0 Å². The van der Waals surface area contributed by atoms with Crippen molar-refractivity contribution >= 4 is 0 Å². The van der Waals surface area contributed by atoms with Crippen LogP contribution in [0, 0.1) is 19.7 Å². The molecule has 0 aliphatic rings. The van der Waals surface area contributed by atoms with Gasteiger partial charge in [0.25, 0.3) is 0 Å². The molecule has 0 spiro atoms. The highest BCUT2D eigenvalue weighted by Crippen LogP contribution is 2.26. The predicted octanol–water partition coefficient (Wildman–Crippen LogP) is 2.88. The second-order valence-corrected chi connectivity index (χ2v) is 4.65. The second-order valence-electron chi connectivity index (χ2n) is 4.65. The summed E-state index contributed by atoms with van der Waals surface area (Å²) in [4.78, 5) is 0. The third kappa shape index (κ3) is 2.79. The number of hydrogen-bond donors (Lipinski definition) is 1. The molecule has 0 aliphatic heterocycles. The molecule has 1 aromatic heterocycles. The van der Waals surface area contributed by atoms with Crippen molar-refractivity contribution in [2.24, 2.45) is 0 Å². The van der Waals surface area contributed by atoms with E-state index in [1.54, 1.807) is 19.1 Å². The van der Waals surface area contributed by atoms with Gasteiger partial charge in [0.2, 0.25) is 0 Å². The number of aryl methyl sites for hydroxylation is 3. The van der Waals surface area contributed by atoms with Gasteiger partial charge in [0.15, 0.2) is 0 Å². The maximum Gasteiger partial charge on any atom is 0.126 e. The molecule has 4 heteroatoms. The van der Waals surface area contributed by atoms with Crippen LogP contribution in [0.4, 0.5) is 4.39 Å². The highest BCUT2D eigenvalue weighted by atomic mass is 19.1. The van der Waals surface area contributed by atoms with Gasteiger partial charge < -0.3 is 5.11 Å². The monoisotopic (exact) mass is 260 g/mol. The number of rotatable bonds is 3. The Morgan fingerprint density at radius 2 is 1.95 bits per heavy atom. The molecule has 2 aromatic rings. The number of aliphatic hydroxyl groups excluding tert-OH is 1. The van der Waals surface area contributed by atoms with Crippen LogP contribution in [-0.2, 0) is 6.42 Å². The first kappa shape index (κ1) is 13.6. The SMILES string of the molecule is CCc1nnc(C)cc1C(O)c1ccc(F)c(C)c1. The van der Waals surface area contributed by atoms with E-state index in [9.17, 15) is 9.50 Å². The van der Waals surface area contributed by atoms with Crippen LogP contribution < -0.4 is 0 Å². The molecule has 1 heterocycles. The molecule has 1 aromatic carbocycles. The summed E-state index contributed by atoms with van der Waals surface area (Å²) >= 11 is 0. The van der Waals surface area contributed by atoms with Crippen LogP contribution in [0.15, 0.2) is 24.3 Å². The smallest absolute Gasteiger partial charge is 0.126 e. The van der Waals surface area contributed by atoms with Gasteiger partial charge in [-0.2, -0.15) is 10.2 Å². The van der Waals surface area contributed by atoms with Crippen molar-refractivity contribution in [1.29, 1.82) is 0 Å². The zero-order valence-corrected chi connectivity index (χ0v) is 11.3. The van der Waals surface area contributed by atoms with Crippen LogP contribution in [0.2, 0.25) is 0 Å². The van der Waals surface area contributed by atoms with E-state index in [1.807, 2.05) is 19.9 Å². The zero-order valence-electron chi connectivity index (χ0n) is 11.3. The summed E-state index contributed by atoms with van der Waals surface area (Å²) in [7, 11) is 0. The van der Waals surface area contributed by atoms with E-state index < -0.39 is 6.10 Å². The molecule has 0 bridgehead atoms. The van der Waals surface area contributed by atoms with E-state index in [2.05, 4.69) is 10.2 Å². The summed E-state index contributed by atoms with van der Waals surface area (Å²) < 4.78 is 13.3. The average Bonchev–Trinajstić information content (AvgIpc) is 2.41. The highest BCUT2D eigenvalue weighted by Gasteiger charge is 2.16. The van der Waals surface area contributed by atoms with Crippen molar-refractivity contribution in [3.8, 4) is 0 Å². The Kier molecular flexibility index (Phi) is 3.90. The molecule has 0 amide bonds. The van der Waals surface area contributed by atoms with Gasteiger partial charge in [-0.3, -0.25) is 0 Å². The van der Waals surface area contributed by atoms with Crippen LogP contribution >= 0.6 is 0 Å². The van der Waals surface area contributed by atoms with Crippen LogP contribution in [0.5, 0.6) is 0 Å². The lowest BCUT2D eigenvalue weighted by atomic mass is 9.97. The van der Waals surface area contributed by atoms with Crippen LogP contribution in [-0.4, -0.2) is 15.3 Å². The fourth-order valence-corrected chi connectivity index (χ4v) is 2.06. The first-order chi connectivity index (χ1) is 9.02. The van der Waals surface area contributed by atoms with Gasteiger partial charge in [-0.1, -0.05) is 19.1 Å². The number of aliphatic hydroxyl groups is 1. The number of nitrogens with zero attached hydrogens (tertiary/aromatic N) is 2. The minimum Gasteiger partial charge on any atom is -0.384 e. The molecule has 0 radical (unpaired) electrons. The van der Waals surface area contributed by atoms with Gasteiger partial charge in [0.1, 0.15) is 11.9 Å². The summed E-state index contributed by atoms with van der Waals surface area (Å²) in [6.45, 7) is 5.48. The van der Waals surface area contributed by atoms with Crippen molar-refractivity contribution in [1.82, 2.24) is 10.2 Å². The van der Waals surface area contributed by atoms with Crippen molar-refractivity contribution < 1.29 is 9.50 Å². The summed E-state index contributed by atoms with van der Waals surface area (Å²) in [5.41, 5.74) is 3.44. The van der Waals surface area contributed by atoms with Crippen LogP contribution in [0.25, 0.3) is 0 Å². The van der Waals surface area contributed by atoms with Crippen LogP contribution in [0.3, 0.4) is 0 Å². The zero-order chi connectivity index (χ0) is 14.0. The topological polar surface area (TPSA) is 46.0 Å². The van der Waals surface area contributed by atoms with E-state index in [0.29, 0.717) is 17.5 Å². The minimum absolute atomic E-state index is 0.268. The molecule has 0 fully saturated rings. The van der Waals surface area contributed by atoms with Gasteiger partial charge in [-0.25, -0.2) is 4.39 Å². The van der Waals surface area contributed by atoms with Crippen molar-refractivity contribution in [3.63, 3.8) is 0 Å². The molecule has 19 heavy (non-hydrogen) atoms. The van der Waals surface area contributed by atoms with E-state index in [1.165, 1.54) is 6.07 Å². The highest BCUT2D eigenvalue weighted by molar-refractivity contribution is 5.35. The Bertz CT molecular complexity index is 599. The lowest BCUT2D eigenvalue weighted by Gasteiger charge is -2.15. The van der Waals surface area contributed by atoms with E-state index in [0.717, 1.165) is 17.0 Å². The molecule has 3 nitrogen and oxygen atoms in total.